The monoisotopic (exact) mass is 245 g/mol. The number of phenols is 1. The van der Waals surface area contributed by atoms with E-state index in [-0.39, 0.29) is 5.75 Å². The zero-order chi connectivity index (χ0) is 13.0. The van der Waals surface area contributed by atoms with Gasteiger partial charge in [-0.2, -0.15) is 0 Å². The number of anilines is 1. The number of rotatable bonds is 4. The molecular formula is C14H15NO3. The summed E-state index contributed by atoms with van der Waals surface area (Å²) in [6, 6.07) is 12.2. The summed E-state index contributed by atoms with van der Waals surface area (Å²) in [5.74, 6) is 1.26. The zero-order valence-corrected chi connectivity index (χ0v) is 10.1. The highest BCUT2D eigenvalue weighted by Crippen LogP contribution is 2.27. The van der Waals surface area contributed by atoms with Gasteiger partial charge in [0.25, 0.3) is 0 Å². The first kappa shape index (κ1) is 12.1. The Morgan fingerprint density at radius 1 is 1.17 bits per heavy atom. The largest absolute Gasteiger partial charge is 0.504 e. The Balaban J connectivity index is 2.09. The lowest BCUT2D eigenvalue weighted by molar-refractivity contribution is 0.289. The average Bonchev–Trinajstić information content (AvgIpc) is 2.39. The highest BCUT2D eigenvalue weighted by atomic mass is 16.5. The fourth-order valence-corrected chi connectivity index (χ4v) is 1.57. The van der Waals surface area contributed by atoms with Crippen LogP contribution < -0.4 is 15.2 Å². The van der Waals surface area contributed by atoms with E-state index in [0.717, 1.165) is 5.56 Å². The summed E-state index contributed by atoms with van der Waals surface area (Å²) in [4.78, 5) is 0. The number of benzene rings is 2. The first-order valence-corrected chi connectivity index (χ1v) is 5.54. The SMILES string of the molecule is COc1ccc(COc2ccccc2O)c(N)c1. The van der Waals surface area contributed by atoms with E-state index in [1.54, 1.807) is 37.4 Å². The Labute approximate surface area is 106 Å². The average molecular weight is 245 g/mol. The van der Waals surface area contributed by atoms with Crippen molar-refractivity contribution in [3.63, 3.8) is 0 Å². The lowest BCUT2D eigenvalue weighted by atomic mass is 10.2. The van der Waals surface area contributed by atoms with Crippen molar-refractivity contribution in [3.05, 3.63) is 48.0 Å². The van der Waals surface area contributed by atoms with Crippen LogP contribution in [0.4, 0.5) is 5.69 Å². The Bertz CT molecular complexity index is 540. The van der Waals surface area contributed by atoms with Crippen molar-refractivity contribution < 1.29 is 14.6 Å². The quantitative estimate of drug-likeness (QED) is 0.812. The lowest BCUT2D eigenvalue weighted by Gasteiger charge is -2.10. The van der Waals surface area contributed by atoms with Gasteiger partial charge in [-0.3, -0.25) is 0 Å². The molecule has 0 saturated carbocycles. The molecular weight excluding hydrogens is 230 g/mol. The number of phenolic OH excluding ortho intramolecular Hbond substituents is 1. The van der Waals surface area contributed by atoms with Gasteiger partial charge in [-0.05, 0) is 24.3 Å². The van der Waals surface area contributed by atoms with Gasteiger partial charge in [0.15, 0.2) is 11.5 Å². The molecule has 18 heavy (non-hydrogen) atoms. The Morgan fingerprint density at radius 2 is 1.94 bits per heavy atom. The number of para-hydroxylation sites is 2. The predicted octanol–water partition coefficient (Wildman–Crippen LogP) is 2.56. The molecule has 2 aromatic carbocycles. The molecule has 0 fully saturated rings. The number of hydrogen-bond acceptors (Lipinski definition) is 4. The maximum atomic E-state index is 9.56. The van der Waals surface area contributed by atoms with E-state index < -0.39 is 0 Å². The van der Waals surface area contributed by atoms with Crippen molar-refractivity contribution in [1.29, 1.82) is 0 Å². The fourth-order valence-electron chi connectivity index (χ4n) is 1.57. The molecule has 0 heterocycles. The van der Waals surface area contributed by atoms with Gasteiger partial charge < -0.3 is 20.3 Å². The molecule has 4 nitrogen and oxygen atoms in total. The minimum absolute atomic E-state index is 0.115. The van der Waals surface area contributed by atoms with Crippen LogP contribution in [0.15, 0.2) is 42.5 Å². The number of nitrogens with two attached hydrogens (primary N) is 1. The number of ether oxygens (including phenoxy) is 2. The van der Waals surface area contributed by atoms with Gasteiger partial charge in [0.1, 0.15) is 12.4 Å². The number of hydrogen-bond donors (Lipinski definition) is 2. The van der Waals surface area contributed by atoms with Crippen molar-refractivity contribution in [2.45, 2.75) is 6.61 Å². The second-order valence-electron chi connectivity index (χ2n) is 3.82. The predicted molar refractivity (Wildman–Crippen MR) is 69.8 cm³/mol. The summed E-state index contributed by atoms with van der Waals surface area (Å²) in [7, 11) is 1.59. The van der Waals surface area contributed by atoms with E-state index in [4.69, 9.17) is 15.2 Å². The molecule has 0 saturated heterocycles. The van der Waals surface area contributed by atoms with Crippen LogP contribution >= 0.6 is 0 Å². The summed E-state index contributed by atoms with van der Waals surface area (Å²) in [5, 5.41) is 9.56. The molecule has 0 radical (unpaired) electrons. The van der Waals surface area contributed by atoms with Gasteiger partial charge in [-0.1, -0.05) is 12.1 Å². The van der Waals surface area contributed by atoms with Crippen LogP contribution in [-0.2, 0) is 6.61 Å². The van der Waals surface area contributed by atoms with E-state index >= 15 is 0 Å². The van der Waals surface area contributed by atoms with Crippen molar-refractivity contribution in [2.24, 2.45) is 0 Å². The van der Waals surface area contributed by atoms with Crippen molar-refractivity contribution in [3.8, 4) is 17.2 Å². The first-order valence-electron chi connectivity index (χ1n) is 5.54. The second-order valence-corrected chi connectivity index (χ2v) is 3.82. The van der Waals surface area contributed by atoms with Crippen LogP contribution in [0.3, 0.4) is 0 Å². The number of nitrogen functional groups attached to an aromatic ring is 1. The van der Waals surface area contributed by atoms with Crippen LogP contribution in [0.5, 0.6) is 17.2 Å². The normalized spacial score (nSPS) is 10.1. The molecule has 0 atom stereocenters. The van der Waals surface area contributed by atoms with E-state index in [1.807, 2.05) is 12.1 Å². The van der Waals surface area contributed by atoms with Gasteiger partial charge >= 0.3 is 0 Å². The summed E-state index contributed by atoms with van der Waals surface area (Å²) in [5.41, 5.74) is 7.32. The highest BCUT2D eigenvalue weighted by molar-refractivity contribution is 5.51. The van der Waals surface area contributed by atoms with Gasteiger partial charge in [0.05, 0.1) is 7.11 Å². The van der Waals surface area contributed by atoms with Crippen molar-refractivity contribution in [2.75, 3.05) is 12.8 Å². The number of methoxy groups -OCH3 is 1. The van der Waals surface area contributed by atoms with Gasteiger partial charge in [0, 0.05) is 17.3 Å². The molecule has 0 bridgehead atoms. The second kappa shape index (κ2) is 5.31. The molecule has 0 aliphatic carbocycles. The number of aromatic hydroxyl groups is 1. The van der Waals surface area contributed by atoms with E-state index in [2.05, 4.69) is 0 Å². The Hall–Kier alpha value is -2.36. The third-order valence-electron chi connectivity index (χ3n) is 2.60. The minimum atomic E-state index is 0.115. The molecule has 2 aromatic rings. The third kappa shape index (κ3) is 2.66. The summed E-state index contributed by atoms with van der Waals surface area (Å²) in [6.07, 6.45) is 0. The van der Waals surface area contributed by atoms with Crippen LogP contribution in [0.2, 0.25) is 0 Å². The minimum Gasteiger partial charge on any atom is -0.504 e. The van der Waals surface area contributed by atoms with E-state index in [1.165, 1.54) is 0 Å². The Morgan fingerprint density at radius 3 is 2.61 bits per heavy atom. The van der Waals surface area contributed by atoms with Crippen LogP contribution in [0.25, 0.3) is 0 Å². The molecule has 3 N–H and O–H groups in total. The van der Waals surface area contributed by atoms with E-state index in [0.29, 0.717) is 23.8 Å². The molecule has 0 unspecified atom stereocenters. The smallest absolute Gasteiger partial charge is 0.161 e. The van der Waals surface area contributed by atoms with Crippen molar-refractivity contribution in [1.82, 2.24) is 0 Å². The summed E-state index contributed by atoms with van der Waals surface area (Å²) in [6.45, 7) is 0.299. The fraction of sp³-hybridized carbons (Fsp3) is 0.143. The summed E-state index contributed by atoms with van der Waals surface area (Å²) < 4.78 is 10.6. The highest BCUT2D eigenvalue weighted by Gasteiger charge is 2.04. The molecule has 0 aliphatic heterocycles. The van der Waals surface area contributed by atoms with Gasteiger partial charge in [0.2, 0.25) is 0 Å². The van der Waals surface area contributed by atoms with Crippen molar-refractivity contribution >= 4 is 5.69 Å². The molecule has 0 aromatic heterocycles. The van der Waals surface area contributed by atoms with Gasteiger partial charge in [-0.15, -0.1) is 0 Å². The summed E-state index contributed by atoms with van der Waals surface area (Å²) >= 11 is 0. The third-order valence-corrected chi connectivity index (χ3v) is 2.60. The lowest BCUT2D eigenvalue weighted by Crippen LogP contribution is -2.00. The molecule has 0 amide bonds. The Kier molecular flexibility index (Phi) is 3.57. The molecule has 4 heteroatoms. The van der Waals surface area contributed by atoms with Crippen LogP contribution in [0, 0.1) is 0 Å². The molecule has 94 valence electrons. The first-order chi connectivity index (χ1) is 8.70. The maximum Gasteiger partial charge on any atom is 0.161 e. The van der Waals surface area contributed by atoms with Gasteiger partial charge in [-0.25, -0.2) is 0 Å². The molecule has 2 rings (SSSR count). The molecule has 0 aliphatic rings. The van der Waals surface area contributed by atoms with Crippen LogP contribution in [0.1, 0.15) is 5.56 Å². The topological polar surface area (TPSA) is 64.7 Å². The maximum absolute atomic E-state index is 9.56. The molecule has 0 spiro atoms. The van der Waals surface area contributed by atoms with E-state index in [9.17, 15) is 5.11 Å². The van der Waals surface area contributed by atoms with Crippen LogP contribution in [-0.4, -0.2) is 12.2 Å². The standard InChI is InChI=1S/C14H15NO3/c1-17-11-7-6-10(12(15)8-11)9-18-14-5-3-2-4-13(14)16/h2-8,16H,9,15H2,1H3. The zero-order valence-electron chi connectivity index (χ0n) is 10.1.